The number of nitrogens with two attached hydrogens (primary N) is 1. The Morgan fingerprint density at radius 2 is 2.07 bits per heavy atom. The average Bonchev–Trinajstić information content (AvgIpc) is 3.28. The Hall–Kier alpha value is -2.83. The first-order valence-electron chi connectivity index (χ1n) is 9.55. The van der Waals surface area contributed by atoms with E-state index in [0.29, 0.717) is 22.8 Å². The van der Waals surface area contributed by atoms with Gasteiger partial charge in [0.25, 0.3) is 5.91 Å². The number of hydrogen-bond acceptors (Lipinski definition) is 4. The molecule has 2 amide bonds. The lowest BCUT2D eigenvalue weighted by Gasteiger charge is -2.23. The summed E-state index contributed by atoms with van der Waals surface area (Å²) in [4.78, 5) is 26.7. The molecule has 2 heterocycles. The van der Waals surface area contributed by atoms with Crippen LogP contribution in [0.3, 0.4) is 0 Å². The summed E-state index contributed by atoms with van der Waals surface area (Å²) in [5.41, 5.74) is 8.50. The number of amides is 2. The lowest BCUT2D eigenvalue weighted by molar-refractivity contribution is -0.122. The number of hydrogen-bond donors (Lipinski definition) is 2. The van der Waals surface area contributed by atoms with E-state index in [1.165, 1.54) is 0 Å². The maximum Gasteiger partial charge on any atom is 0.291 e. The summed E-state index contributed by atoms with van der Waals surface area (Å²) < 4.78 is 5.77. The van der Waals surface area contributed by atoms with Gasteiger partial charge in [-0.25, -0.2) is 0 Å². The quantitative estimate of drug-likeness (QED) is 0.661. The summed E-state index contributed by atoms with van der Waals surface area (Å²) in [6.45, 7) is 3.18. The SMILES string of the molecule is Cc1c(C(=O)Nc2ccccc2CN2CCCC2C(N)=O)oc2ccc(Cl)cc12. The second-order valence-electron chi connectivity index (χ2n) is 7.34. The number of primary amides is 1. The van der Waals surface area contributed by atoms with E-state index in [1.54, 1.807) is 18.2 Å². The van der Waals surface area contributed by atoms with Crippen molar-refractivity contribution in [1.82, 2.24) is 4.90 Å². The molecular formula is C22H22ClN3O3. The third-order valence-corrected chi connectivity index (χ3v) is 5.67. The highest BCUT2D eigenvalue weighted by molar-refractivity contribution is 6.31. The number of halogens is 1. The number of nitrogens with zero attached hydrogens (tertiary/aromatic N) is 1. The second-order valence-corrected chi connectivity index (χ2v) is 7.78. The van der Waals surface area contributed by atoms with Gasteiger partial charge < -0.3 is 15.5 Å². The normalized spacial score (nSPS) is 17.0. The van der Waals surface area contributed by atoms with Crippen molar-refractivity contribution in [3.8, 4) is 0 Å². The molecular weight excluding hydrogens is 390 g/mol. The molecule has 0 saturated carbocycles. The van der Waals surface area contributed by atoms with Crippen LogP contribution in [-0.4, -0.2) is 29.3 Å². The van der Waals surface area contributed by atoms with Gasteiger partial charge in [0.15, 0.2) is 5.76 Å². The van der Waals surface area contributed by atoms with Crippen molar-refractivity contribution in [2.24, 2.45) is 5.73 Å². The fraction of sp³-hybridized carbons (Fsp3) is 0.273. The van der Waals surface area contributed by atoms with E-state index >= 15 is 0 Å². The molecule has 7 heteroatoms. The number of nitrogens with one attached hydrogen (secondary N) is 1. The minimum absolute atomic E-state index is 0.258. The number of likely N-dealkylation sites (tertiary alicyclic amines) is 1. The summed E-state index contributed by atoms with van der Waals surface area (Å²) >= 11 is 6.07. The zero-order chi connectivity index (χ0) is 20.5. The summed E-state index contributed by atoms with van der Waals surface area (Å²) in [6, 6.07) is 12.6. The lowest BCUT2D eigenvalue weighted by atomic mass is 10.1. The van der Waals surface area contributed by atoms with Crippen molar-refractivity contribution in [2.75, 3.05) is 11.9 Å². The van der Waals surface area contributed by atoms with Gasteiger partial charge >= 0.3 is 0 Å². The van der Waals surface area contributed by atoms with Crippen LogP contribution in [0, 0.1) is 6.92 Å². The first-order valence-corrected chi connectivity index (χ1v) is 9.93. The highest BCUT2D eigenvalue weighted by Crippen LogP contribution is 2.29. The zero-order valence-corrected chi connectivity index (χ0v) is 16.8. The highest BCUT2D eigenvalue weighted by Gasteiger charge is 2.29. The van der Waals surface area contributed by atoms with Crippen LogP contribution in [0.4, 0.5) is 5.69 Å². The summed E-state index contributed by atoms with van der Waals surface area (Å²) in [5, 5.41) is 4.36. The first-order chi connectivity index (χ1) is 13.9. The Balaban J connectivity index is 1.58. The molecule has 1 aliphatic rings. The van der Waals surface area contributed by atoms with Crippen molar-refractivity contribution >= 4 is 40.1 Å². The molecule has 4 rings (SSSR count). The molecule has 0 aliphatic carbocycles. The summed E-state index contributed by atoms with van der Waals surface area (Å²) in [6.07, 6.45) is 1.70. The molecule has 1 unspecified atom stereocenters. The average molecular weight is 412 g/mol. The maximum absolute atomic E-state index is 12.9. The molecule has 150 valence electrons. The van der Waals surface area contributed by atoms with Gasteiger partial charge in [-0.1, -0.05) is 29.8 Å². The van der Waals surface area contributed by atoms with Crippen LogP contribution in [0.5, 0.6) is 0 Å². The van der Waals surface area contributed by atoms with Gasteiger partial charge in [0.05, 0.1) is 6.04 Å². The van der Waals surface area contributed by atoms with Gasteiger partial charge in [-0.15, -0.1) is 0 Å². The Morgan fingerprint density at radius 1 is 1.28 bits per heavy atom. The predicted octanol–water partition coefficient (Wildman–Crippen LogP) is 4.10. The predicted molar refractivity (Wildman–Crippen MR) is 113 cm³/mol. The Morgan fingerprint density at radius 3 is 2.86 bits per heavy atom. The van der Waals surface area contributed by atoms with Crippen LogP contribution >= 0.6 is 11.6 Å². The van der Waals surface area contributed by atoms with Crippen LogP contribution < -0.4 is 11.1 Å². The molecule has 1 fully saturated rings. The van der Waals surface area contributed by atoms with E-state index in [9.17, 15) is 9.59 Å². The maximum atomic E-state index is 12.9. The molecule has 0 radical (unpaired) electrons. The monoisotopic (exact) mass is 411 g/mol. The Kier molecular flexibility index (Phi) is 5.30. The minimum atomic E-state index is -0.324. The van der Waals surface area contributed by atoms with Gasteiger partial charge in [0.2, 0.25) is 5.91 Å². The van der Waals surface area contributed by atoms with E-state index in [1.807, 2.05) is 31.2 Å². The molecule has 3 N–H and O–H groups in total. The number of carbonyl (C=O) groups excluding carboxylic acids is 2. The standard InChI is InChI=1S/C22H22ClN3O3/c1-13-16-11-15(23)8-9-19(16)29-20(13)22(28)25-17-6-3-2-5-14(17)12-26-10-4-7-18(26)21(24)27/h2-3,5-6,8-9,11,18H,4,7,10,12H2,1H3,(H2,24,27)(H,25,28). The third-order valence-electron chi connectivity index (χ3n) is 5.44. The fourth-order valence-corrected chi connectivity index (χ4v) is 4.10. The Bertz CT molecular complexity index is 1090. The molecule has 1 aromatic heterocycles. The van der Waals surface area contributed by atoms with Crippen molar-refractivity contribution in [1.29, 1.82) is 0 Å². The number of fused-ring (bicyclic) bond motifs is 1. The lowest BCUT2D eigenvalue weighted by Crippen LogP contribution is -2.39. The van der Waals surface area contributed by atoms with Gasteiger partial charge in [0, 0.05) is 28.2 Å². The van der Waals surface area contributed by atoms with Crippen LogP contribution in [-0.2, 0) is 11.3 Å². The van der Waals surface area contributed by atoms with Crippen molar-refractivity contribution in [3.05, 3.63) is 64.4 Å². The van der Waals surface area contributed by atoms with Gasteiger partial charge in [-0.3, -0.25) is 14.5 Å². The van der Waals surface area contributed by atoms with Crippen molar-refractivity contribution in [3.63, 3.8) is 0 Å². The molecule has 6 nitrogen and oxygen atoms in total. The third kappa shape index (κ3) is 3.86. The molecule has 1 atom stereocenters. The second kappa shape index (κ2) is 7.89. The number of aryl methyl sites for hydroxylation is 1. The van der Waals surface area contributed by atoms with E-state index in [0.717, 1.165) is 35.9 Å². The highest BCUT2D eigenvalue weighted by atomic mass is 35.5. The number of benzene rings is 2. The molecule has 0 bridgehead atoms. The van der Waals surface area contributed by atoms with E-state index in [2.05, 4.69) is 10.2 Å². The zero-order valence-electron chi connectivity index (χ0n) is 16.1. The van der Waals surface area contributed by atoms with Gasteiger partial charge in [-0.05, 0) is 56.1 Å². The van der Waals surface area contributed by atoms with E-state index < -0.39 is 0 Å². The van der Waals surface area contributed by atoms with Gasteiger partial charge in [-0.2, -0.15) is 0 Å². The topological polar surface area (TPSA) is 88.6 Å². The van der Waals surface area contributed by atoms with Crippen LogP contribution in [0.2, 0.25) is 5.02 Å². The number of anilines is 1. The number of carbonyl (C=O) groups is 2. The van der Waals surface area contributed by atoms with Crippen molar-refractivity contribution in [2.45, 2.75) is 32.4 Å². The van der Waals surface area contributed by atoms with Crippen LogP contribution in [0.15, 0.2) is 46.9 Å². The first kappa shape index (κ1) is 19.5. The van der Waals surface area contributed by atoms with Crippen LogP contribution in [0.25, 0.3) is 11.0 Å². The molecule has 1 aliphatic heterocycles. The summed E-state index contributed by atoms with van der Waals surface area (Å²) in [7, 11) is 0. The Labute approximate surface area is 173 Å². The molecule has 2 aromatic carbocycles. The number of rotatable bonds is 5. The molecule has 3 aromatic rings. The van der Waals surface area contributed by atoms with E-state index in [4.69, 9.17) is 21.8 Å². The molecule has 29 heavy (non-hydrogen) atoms. The fourth-order valence-electron chi connectivity index (χ4n) is 3.93. The summed E-state index contributed by atoms with van der Waals surface area (Å²) in [5.74, 6) is -0.371. The molecule has 1 saturated heterocycles. The smallest absolute Gasteiger partial charge is 0.291 e. The van der Waals surface area contributed by atoms with Gasteiger partial charge in [0.1, 0.15) is 5.58 Å². The number of furan rings is 1. The molecule has 0 spiro atoms. The number of para-hydroxylation sites is 1. The van der Waals surface area contributed by atoms with Crippen molar-refractivity contribution < 1.29 is 14.0 Å². The van der Waals surface area contributed by atoms with E-state index in [-0.39, 0.29) is 23.6 Å². The minimum Gasteiger partial charge on any atom is -0.451 e. The largest absolute Gasteiger partial charge is 0.451 e. The van der Waals surface area contributed by atoms with Crippen LogP contribution in [0.1, 0.15) is 34.5 Å².